The van der Waals surface area contributed by atoms with E-state index in [4.69, 9.17) is 0 Å². The molecule has 0 heterocycles. The summed E-state index contributed by atoms with van der Waals surface area (Å²) in [6.07, 6.45) is -4.39. The highest BCUT2D eigenvalue weighted by atomic mass is 19.4. The standard InChI is InChI=1S/C22H32F6N2O2/c23-21(24,25)15-5-1-3-7-17(15)29-19(31)13-9-11-14(12-10-13)20(32)30-18-8-4-2-6-16(18)22(26,27)28/h13-18H,1-12H2,(H,29,31)(H,30,32). The molecule has 3 aliphatic rings. The van der Waals surface area contributed by atoms with Crippen LogP contribution >= 0.6 is 0 Å². The highest BCUT2D eigenvalue weighted by Crippen LogP contribution is 2.40. The number of hydrogen-bond donors (Lipinski definition) is 2. The minimum Gasteiger partial charge on any atom is -0.353 e. The summed E-state index contributed by atoms with van der Waals surface area (Å²) in [5, 5.41) is 5.19. The average molecular weight is 470 g/mol. The molecule has 184 valence electrons. The van der Waals surface area contributed by atoms with E-state index in [1.54, 1.807) is 0 Å². The predicted molar refractivity (Wildman–Crippen MR) is 105 cm³/mol. The van der Waals surface area contributed by atoms with Gasteiger partial charge in [-0.2, -0.15) is 26.3 Å². The van der Waals surface area contributed by atoms with Crippen LogP contribution in [-0.2, 0) is 9.59 Å². The lowest BCUT2D eigenvalue weighted by Gasteiger charge is -2.36. The molecule has 32 heavy (non-hydrogen) atoms. The number of halogens is 6. The lowest BCUT2D eigenvalue weighted by molar-refractivity contribution is -0.190. The Balaban J connectivity index is 1.49. The topological polar surface area (TPSA) is 58.2 Å². The van der Waals surface area contributed by atoms with Gasteiger partial charge >= 0.3 is 12.4 Å². The lowest BCUT2D eigenvalue weighted by Crippen LogP contribution is -2.51. The quantitative estimate of drug-likeness (QED) is 0.550. The summed E-state index contributed by atoms with van der Waals surface area (Å²) in [6.45, 7) is 0. The van der Waals surface area contributed by atoms with Crippen LogP contribution in [0.3, 0.4) is 0 Å². The molecule has 0 bridgehead atoms. The highest BCUT2D eigenvalue weighted by Gasteiger charge is 2.47. The van der Waals surface area contributed by atoms with Gasteiger partial charge in [0.05, 0.1) is 11.8 Å². The van der Waals surface area contributed by atoms with Crippen molar-refractivity contribution in [3.63, 3.8) is 0 Å². The second-order valence-electron chi connectivity index (χ2n) is 9.64. The summed E-state index contributed by atoms with van der Waals surface area (Å²) < 4.78 is 79.5. The van der Waals surface area contributed by atoms with Crippen LogP contribution in [-0.4, -0.2) is 36.3 Å². The number of carbonyl (C=O) groups excluding carboxylic acids is 2. The average Bonchev–Trinajstić information content (AvgIpc) is 2.73. The molecule has 2 amide bonds. The first-order valence-corrected chi connectivity index (χ1v) is 11.7. The Morgan fingerprint density at radius 3 is 1.16 bits per heavy atom. The molecule has 3 rings (SSSR count). The van der Waals surface area contributed by atoms with E-state index < -0.39 is 59.9 Å². The number of hydrogen-bond acceptors (Lipinski definition) is 2. The molecule has 0 radical (unpaired) electrons. The van der Waals surface area contributed by atoms with Gasteiger partial charge < -0.3 is 10.6 Å². The van der Waals surface area contributed by atoms with Crippen molar-refractivity contribution < 1.29 is 35.9 Å². The third-order valence-electron chi connectivity index (χ3n) is 7.50. The molecule has 3 saturated carbocycles. The van der Waals surface area contributed by atoms with Crippen molar-refractivity contribution in [2.75, 3.05) is 0 Å². The lowest BCUT2D eigenvalue weighted by atomic mass is 9.79. The Bertz CT molecular complexity index is 602. The second-order valence-corrected chi connectivity index (χ2v) is 9.64. The van der Waals surface area contributed by atoms with Gasteiger partial charge in [0.25, 0.3) is 0 Å². The molecular weight excluding hydrogens is 438 g/mol. The minimum atomic E-state index is -4.35. The largest absolute Gasteiger partial charge is 0.393 e. The summed E-state index contributed by atoms with van der Waals surface area (Å²) >= 11 is 0. The van der Waals surface area contributed by atoms with Gasteiger partial charge in [0.2, 0.25) is 11.8 Å². The fourth-order valence-electron chi connectivity index (χ4n) is 5.61. The minimum absolute atomic E-state index is 0.0153. The van der Waals surface area contributed by atoms with E-state index >= 15 is 0 Å². The van der Waals surface area contributed by atoms with Crippen molar-refractivity contribution in [1.82, 2.24) is 10.6 Å². The van der Waals surface area contributed by atoms with Crippen molar-refractivity contribution in [2.45, 2.75) is 101 Å². The van der Waals surface area contributed by atoms with Crippen LogP contribution in [0.15, 0.2) is 0 Å². The zero-order valence-electron chi connectivity index (χ0n) is 18.0. The van der Waals surface area contributed by atoms with Crippen molar-refractivity contribution in [1.29, 1.82) is 0 Å². The van der Waals surface area contributed by atoms with Crippen molar-refractivity contribution in [3.8, 4) is 0 Å². The van der Waals surface area contributed by atoms with E-state index in [0.29, 0.717) is 64.2 Å². The Morgan fingerprint density at radius 1 is 0.531 bits per heavy atom. The molecule has 4 nitrogen and oxygen atoms in total. The molecule has 0 aromatic carbocycles. The first-order chi connectivity index (χ1) is 15.0. The third-order valence-corrected chi connectivity index (χ3v) is 7.50. The van der Waals surface area contributed by atoms with Gasteiger partial charge in [0.15, 0.2) is 0 Å². The number of amides is 2. The maximum Gasteiger partial charge on any atom is 0.393 e. The summed E-state index contributed by atoms with van der Waals surface area (Å²) in [5.41, 5.74) is 0. The monoisotopic (exact) mass is 470 g/mol. The molecule has 4 unspecified atom stereocenters. The van der Waals surface area contributed by atoms with Gasteiger partial charge in [0, 0.05) is 23.9 Å². The summed E-state index contributed by atoms with van der Waals surface area (Å²) in [5.74, 6) is -4.80. The summed E-state index contributed by atoms with van der Waals surface area (Å²) in [7, 11) is 0. The molecule has 3 fully saturated rings. The molecule has 0 aliphatic heterocycles. The van der Waals surface area contributed by atoms with E-state index in [2.05, 4.69) is 10.6 Å². The van der Waals surface area contributed by atoms with E-state index in [0.717, 1.165) is 0 Å². The van der Waals surface area contributed by atoms with Crippen molar-refractivity contribution in [3.05, 3.63) is 0 Å². The van der Waals surface area contributed by atoms with Gasteiger partial charge in [-0.3, -0.25) is 9.59 Å². The van der Waals surface area contributed by atoms with Crippen LogP contribution in [0.25, 0.3) is 0 Å². The Hall–Kier alpha value is -1.48. The highest BCUT2D eigenvalue weighted by molar-refractivity contribution is 5.81. The molecule has 0 aromatic rings. The van der Waals surface area contributed by atoms with Gasteiger partial charge in [-0.05, 0) is 51.4 Å². The fraction of sp³-hybridized carbons (Fsp3) is 0.909. The zero-order chi connectivity index (χ0) is 23.5. The van der Waals surface area contributed by atoms with Crippen LogP contribution < -0.4 is 10.6 Å². The van der Waals surface area contributed by atoms with Crippen molar-refractivity contribution in [2.24, 2.45) is 23.7 Å². The maximum atomic E-state index is 13.3. The zero-order valence-corrected chi connectivity index (χ0v) is 18.0. The second kappa shape index (κ2) is 10.2. The molecule has 10 heteroatoms. The molecule has 4 atom stereocenters. The molecule has 0 spiro atoms. The SMILES string of the molecule is O=C(NC1CCCCC1C(F)(F)F)C1CCC(C(=O)NC2CCCCC2C(F)(F)F)CC1. The fourth-order valence-corrected chi connectivity index (χ4v) is 5.61. The molecule has 0 saturated heterocycles. The van der Waals surface area contributed by atoms with Crippen LogP contribution in [0.2, 0.25) is 0 Å². The van der Waals surface area contributed by atoms with Crippen LogP contribution in [0.1, 0.15) is 77.0 Å². The van der Waals surface area contributed by atoms with Gasteiger partial charge in [0.1, 0.15) is 0 Å². The summed E-state index contributed by atoms with van der Waals surface area (Å²) in [6, 6.07) is -1.83. The predicted octanol–water partition coefficient (Wildman–Crippen LogP) is 5.27. The van der Waals surface area contributed by atoms with Crippen LogP contribution in [0, 0.1) is 23.7 Å². The molecule has 3 aliphatic carbocycles. The Morgan fingerprint density at radius 2 is 0.844 bits per heavy atom. The van der Waals surface area contributed by atoms with E-state index in [9.17, 15) is 35.9 Å². The normalized spacial score (nSPS) is 34.6. The van der Waals surface area contributed by atoms with Gasteiger partial charge in [-0.25, -0.2) is 0 Å². The maximum absolute atomic E-state index is 13.3. The Labute approximate surface area is 184 Å². The van der Waals surface area contributed by atoms with Gasteiger partial charge in [-0.15, -0.1) is 0 Å². The number of carbonyl (C=O) groups is 2. The molecule has 0 aromatic heterocycles. The van der Waals surface area contributed by atoms with Gasteiger partial charge in [-0.1, -0.05) is 25.7 Å². The number of nitrogens with one attached hydrogen (secondary N) is 2. The summed E-state index contributed by atoms with van der Waals surface area (Å²) in [4.78, 5) is 25.2. The van der Waals surface area contributed by atoms with E-state index in [1.807, 2.05) is 0 Å². The molecule has 2 N–H and O–H groups in total. The smallest absolute Gasteiger partial charge is 0.353 e. The van der Waals surface area contributed by atoms with E-state index in [1.165, 1.54) is 0 Å². The Kier molecular flexibility index (Phi) is 8.02. The number of alkyl halides is 6. The van der Waals surface area contributed by atoms with Crippen molar-refractivity contribution >= 4 is 11.8 Å². The number of rotatable bonds is 4. The third kappa shape index (κ3) is 6.31. The first-order valence-electron chi connectivity index (χ1n) is 11.7. The van der Waals surface area contributed by atoms with E-state index in [-0.39, 0.29) is 12.8 Å². The van der Waals surface area contributed by atoms with Crippen LogP contribution in [0.5, 0.6) is 0 Å². The molecular formula is C22H32F6N2O2. The van der Waals surface area contributed by atoms with Crippen LogP contribution in [0.4, 0.5) is 26.3 Å². The first kappa shape index (κ1) is 25.1.